The van der Waals surface area contributed by atoms with Gasteiger partial charge in [0.2, 0.25) is 0 Å². The van der Waals surface area contributed by atoms with Gasteiger partial charge in [-0.2, -0.15) is 0 Å². The topological polar surface area (TPSA) is 61.3 Å². The lowest BCUT2D eigenvalue weighted by Gasteiger charge is -2.30. The Bertz CT molecular complexity index is 909. The summed E-state index contributed by atoms with van der Waals surface area (Å²) in [5.74, 6) is 1.13. The standard InChI is InChI=1S/C20H22N4OS/c1-26-24-9-6-16(7-10-24)23-19-12-18-15(13-22-19)5-8-21-20(18)14-3-2-4-17(25)11-14/h2-5,8,11-13,16,25H,6-7,9-10H2,1H3,(H,22,23). The number of benzene rings is 1. The molecule has 0 unspecified atom stereocenters. The van der Waals surface area contributed by atoms with Crippen LogP contribution in [-0.4, -0.2) is 44.8 Å². The molecular weight excluding hydrogens is 344 g/mol. The quantitative estimate of drug-likeness (QED) is 0.676. The minimum Gasteiger partial charge on any atom is -0.508 e. The van der Waals surface area contributed by atoms with E-state index in [1.54, 1.807) is 18.3 Å². The first-order valence-corrected chi connectivity index (χ1v) is 10.0. The van der Waals surface area contributed by atoms with E-state index in [-0.39, 0.29) is 5.75 Å². The third kappa shape index (κ3) is 3.61. The third-order valence-corrected chi connectivity index (χ3v) is 5.71. The molecule has 4 rings (SSSR count). The van der Waals surface area contributed by atoms with Gasteiger partial charge in [-0.05, 0) is 43.4 Å². The van der Waals surface area contributed by atoms with Crippen LogP contribution in [0, 0.1) is 0 Å². The smallest absolute Gasteiger partial charge is 0.126 e. The molecule has 3 aromatic rings. The van der Waals surface area contributed by atoms with Gasteiger partial charge < -0.3 is 10.4 Å². The molecule has 1 aliphatic rings. The molecule has 5 nitrogen and oxygen atoms in total. The molecule has 0 aliphatic carbocycles. The van der Waals surface area contributed by atoms with Crippen molar-refractivity contribution in [2.24, 2.45) is 0 Å². The lowest BCUT2D eigenvalue weighted by molar-refractivity contribution is 0.359. The van der Waals surface area contributed by atoms with Crippen LogP contribution in [0.4, 0.5) is 5.82 Å². The summed E-state index contributed by atoms with van der Waals surface area (Å²) in [4.78, 5) is 9.14. The van der Waals surface area contributed by atoms with Gasteiger partial charge in [-0.3, -0.25) is 9.29 Å². The fourth-order valence-electron chi connectivity index (χ4n) is 3.42. The van der Waals surface area contributed by atoms with Crippen molar-refractivity contribution in [1.82, 2.24) is 14.3 Å². The number of rotatable bonds is 4. The molecule has 1 saturated heterocycles. The van der Waals surface area contributed by atoms with Crippen molar-refractivity contribution < 1.29 is 5.11 Å². The van der Waals surface area contributed by atoms with E-state index < -0.39 is 0 Å². The second-order valence-electron chi connectivity index (χ2n) is 6.53. The minimum absolute atomic E-state index is 0.245. The van der Waals surface area contributed by atoms with Crippen LogP contribution in [-0.2, 0) is 0 Å². The normalized spacial score (nSPS) is 16.0. The highest BCUT2D eigenvalue weighted by molar-refractivity contribution is 7.96. The number of phenols is 1. The zero-order chi connectivity index (χ0) is 17.9. The molecule has 0 amide bonds. The molecule has 134 valence electrons. The number of fused-ring (bicyclic) bond motifs is 1. The number of nitrogens with zero attached hydrogens (tertiary/aromatic N) is 3. The van der Waals surface area contributed by atoms with Crippen LogP contribution >= 0.6 is 11.9 Å². The molecule has 0 atom stereocenters. The predicted octanol–water partition coefficient (Wildman–Crippen LogP) is 4.16. The van der Waals surface area contributed by atoms with Crippen molar-refractivity contribution in [3.63, 3.8) is 0 Å². The molecule has 0 saturated carbocycles. The van der Waals surface area contributed by atoms with Crippen molar-refractivity contribution in [3.05, 3.63) is 48.8 Å². The first-order valence-electron chi connectivity index (χ1n) is 8.83. The number of phenolic OH excluding ortho intramolecular Hbond substituents is 1. The Morgan fingerprint density at radius 1 is 1.15 bits per heavy atom. The summed E-state index contributed by atoms with van der Waals surface area (Å²) in [5, 5.41) is 15.5. The number of pyridine rings is 2. The van der Waals surface area contributed by atoms with E-state index in [4.69, 9.17) is 0 Å². The SMILES string of the molecule is CSN1CCC(Nc2cc3c(-c4cccc(O)c4)nccc3cn2)CC1. The van der Waals surface area contributed by atoms with E-state index in [9.17, 15) is 5.11 Å². The van der Waals surface area contributed by atoms with Crippen LogP contribution in [0.3, 0.4) is 0 Å². The molecule has 1 fully saturated rings. The molecule has 2 aromatic heterocycles. The highest BCUT2D eigenvalue weighted by Crippen LogP contribution is 2.30. The van der Waals surface area contributed by atoms with E-state index >= 15 is 0 Å². The Balaban J connectivity index is 1.63. The lowest BCUT2D eigenvalue weighted by Crippen LogP contribution is -2.35. The second-order valence-corrected chi connectivity index (χ2v) is 7.41. The Labute approximate surface area is 157 Å². The van der Waals surface area contributed by atoms with E-state index in [0.717, 1.165) is 53.8 Å². The summed E-state index contributed by atoms with van der Waals surface area (Å²) >= 11 is 1.82. The largest absolute Gasteiger partial charge is 0.508 e. The molecule has 1 aromatic carbocycles. The van der Waals surface area contributed by atoms with Gasteiger partial charge >= 0.3 is 0 Å². The molecule has 0 spiro atoms. The fourth-order valence-corrected chi connectivity index (χ4v) is 4.00. The van der Waals surface area contributed by atoms with Crippen molar-refractivity contribution in [2.45, 2.75) is 18.9 Å². The maximum Gasteiger partial charge on any atom is 0.126 e. The first-order chi connectivity index (χ1) is 12.7. The minimum atomic E-state index is 0.245. The van der Waals surface area contributed by atoms with Crippen LogP contribution in [0.5, 0.6) is 5.75 Å². The number of hydrogen-bond acceptors (Lipinski definition) is 6. The van der Waals surface area contributed by atoms with Gasteiger partial charge in [0, 0.05) is 47.9 Å². The van der Waals surface area contributed by atoms with Gasteiger partial charge in [0.15, 0.2) is 0 Å². The molecular formula is C20H22N4OS. The van der Waals surface area contributed by atoms with Crippen molar-refractivity contribution >= 4 is 28.5 Å². The zero-order valence-corrected chi connectivity index (χ0v) is 15.5. The van der Waals surface area contributed by atoms with E-state index in [2.05, 4.69) is 31.9 Å². The number of aromatic nitrogens is 2. The predicted molar refractivity (Wildman–Crippen MR) is 108 cm³/mol. The van der Waals surface area contributed by atoms with Gasteiger partial charge in [-0.1, -0.05) is 24.1 Å². The molecule has 26 heavy (non-hydrogen) atoms. The van der Waals surface area contributed by atoms with Gasteiger partial charge in [0.1, 0.15) is 11.6 Å². The summed E-state index contributed by atoms with van der Waals surface area (Å²) in [7, 11) is 0. The average molecular weight is 366 g/mol. The molecule has 2 N–H and O–H groups in total. The summed E-state index contributed by atoms with van der Waals surface area (Å²) in [6, 6.07) is 11.7. The Morgan fingerprint density at radius 2 is 2.00 bits per heavy atom. The molecule has 0 bridgehead atoms. The Morgan fingerprint density at radius 3 is 2.77 bits per heavy atom. The monoisotopic (exact) mass is 366 g/mol. The average Bonchev–Trinajstić information content (AvgIpc) is 2.68. The third-order valence-electron chi connectivity index (χ3n) is 4.83. The lowest BCUT2D eigenvalue weighted by atomic mass is 10.0. The highest BCUT2D eigenvalue weighted by Gasteiger charge is 2.19. The second kappa shape index (κ2) is 7.51. The van der Waals surface area contributed by atoms with Crippen LogP contribution in [0.15, 0.2) is 48.8 Å². The first kappa shape index (κ1) is 17.1. The Kier molecular flexibility index (Phi) is 4.95. The van der Waals surface area contributed by atoms with Crippen molar-refractivity contribution in [1.29, 1.82) is 0 Å². The number of anilines is 1. The van der Waals surface area contributed by atoms with Gasteiger partial charge in [-0.15, -0.1) is 0 Å². The van der Waals surface area contributed by atoms with Crippen LogP contribution in [0.25, 0.3) is 22.0 Å². The number of piperidine rings is 1. The van der Waals surface area contributed by atoms with Crippen LogP contribution in [0.2, 0.25) is 0 Å². The number of nitrogens with one attached hydrogen (secondary N) is 1. The molecule has 6 heteroatoms. The maximum atomic E-state index is 9.80. The van der Waals surface area contributed by atoms with Gasteiger partial charge in [0.25, 0.3) is 0 Å². The van der Waals surface area contributed by atoms with Gasteiger partial charge in [0.05, 0.1) is 5.69 Å². The molecule has 3 heterocycles. The zero-order valence-electron chi connectivity index (χ0n) is 14.7. The molecule has 1 aliphatic heterocycles. The van der Waals surface area contributed by atoms with E-state index in [0.29, 0.717) is 6.04 Å². The summed E-state index contributed by atoms with van der Waals surface area (Å²) in [6.07, 6.45) is 8.05. The van der Waals surface area contributed by atoms with E-state index in [1.807, 2.05) is 36.3 Å². The van der Waals surface area contributed by atoms with Crippen molar-refractivity contribution in [3.8, 4) is 17.0 Å². The maximum absolute atomic E-state index is 9.80. The molecule has 0 radical (unpaired) electrons. The van der Waals surface area contributed by atoms with Gasteiger partial charge in [-0.25, -0.2) is 4.98 Å². The van der Waals surface area contributed by atoms with Crippen LogP contribution in [0.1, 0.15) is 12.8 Å². The van der Waals surface area contributed by atoms with Crippen molar-refractivity contribution in [2.75, 3.05) is 24.7 Å². The number of hydrogen-bond donors (Lipinski definition) is 2. The van der Waals surface area contributed by atoms with Crippen LogP contribution < -0.4 is 5.32 Å². The van der Waals surface area contributed by atoms with E-state index in [1.165, 1.54) is 0 Å². The summed E-state index contributed by atoms with van der Waals surface area (Å²) in [5.41, 5.74) is 1.77. The summed E-state index contributed by atoms with van der Waals surface area (Å²) < 4.78 is 2.40. The number of aromatic hydroxyl groups is 1. The highest BCUT2D eigenvalue weighted by atomic mass is 32.2. The summed E-state index contributed by atoms with van der Waals surface area (Å²) in [6.45, 7) is 2.20. The Hall–Kier alpha value is -2.31. The fraction of sp³-hybridized carbons (Fsp3) is 0.300.